The molecule has 0 bridgehead atoms. The van der Waals surface area contributed by atoms with Crippen molar-refractivity contribution < 1.29 is 9.18 Å². The minimum atomic E-state index is -0.239. The fourth-order valence-corrected chi connectivity index (χ4v) is 2.61. The van der Waals surface area contributed by atoms with Gasteiger partial charge in [-0.2, -0.15) is 0 Å². The van der Waals surface area contributed by atoms with Crippen LogP contribution in [0.25, 0.3) is 0 Å². The number of rotatable bonds is 8. The van der Waals surface area contributed by atoms with Gasteiger partial charge in [0.1, 0.15) is 5.82 Å². The number of carbonyl (C=O) groups excluding carboxylic acids is 1. The van der Waals surface area contributed by atoms with Gasteiger partial charge in [0.25, 0.3) is 0 Å². The van der Waals surface area contributed by atoms with E-state index >= 15 is 0 Å². The average molecular weight is 293 g/mol. The number of nitrogens with two attached hydrogens (primary N) is 1. The topological polar surface area (TPSA) is 58.4 Å². The number of hydrogen-bond donors (Lipinski definition) is 2. The Morgan fingerprint density at radius 1 is 1.43 bits per heavy atom. The standard InChI is InChI=1S/C16H24FN3O/c1-20(15(10-18)13-4-5-13)11-16(21)19-9-8-12-2-6-14(17)7-3-12/h2-3,6-7,13,15H,4-5,8-11,18H2,1H3,(H,19,21). The molecule has 0 radical (unpaired) electrons. The first-order valence-electron chi connectivity index (χ1n) is 7.51. The molecule has 0 heterocycles. The van der Waals surface area contributed by atoms with Crippen molar-refractivity contribution in [3.05, 3.63) is 35.6 Å². The molecular formula is C16H24FN3O. The van der Waals surface area contributed by atoms with E-state index in [9.17, 15) is 9.18 Å². The van der Waals surface area contributed by atoms with E-state index in [0.29, 0.717) is 38.0 Å². The molecule has 0 aromatic heterocycles. The zero-order valence-electron chi connectivity index (χ0n) is 12.5. The molecule has 0 spiro atoms. The number of halogens is 1. The summed E-state index contributed by atoms with van der Waals surface area (Å²) in [7, 11) is 1.95. The summed E-state index contributed by atoms with van der Waals surface area (Å²) in [6, 6.07) is 6.67. The third-order valence-corrected chi connectivity index (χ3v) is 4.02. The van der Waals surface area contributed by atoms with Crippen LogP contribution >= 0.6 is 0 Å². The molecule has 1 amide bonds. The minimum Gasteiger partial charge on any atom is -0.355 e. The van der Waals surface area contributed by atoms with E-state index in [-0.39, 0.29) is 11.7 Å². The van der Waals surface area contributed by atoms with Crippen LogP contribution in [0.2, 0.25) is 0 Å². The lowest BCUT2D eigenvalue weighted by atomic mass is 10.1. The molecule has 1 fully saturated rings. The molecule has 3 N–H and O–H groups in total. The van der Waals surface area contributed by atoms with E-state index in [1.165, 1.54) is 25.0 Å². The molecule has 1 aromatic carbocycles. The molecule has 1 atom stereocenters. The molecule has 1 unspecified atom stereocenters. The predicted molar refractivity (Wildman–Crippen MR) is 81.3 cm³/mol. The second-order valence-corrected chi connectivity index (χ2v) is 5.78. The number of likely N-dealkylation sites (N-methyl/N-ethyl adjacent to an activating group) is 1. The summed E-state index contributed by atoms with van der Waals surface area (Å²) in [5.41, 5.74) is 6.79. The van der Waals surface area contributed by atoms with E-state index in [4.69, 9.17) is 5.73 Å². The Labute approximate surface area is 125 Å². The van der Waals surface area contributed by atoms with Crippen molar-refractivity contribution in [2.45, 2.75) is 25.3 Å². The number of nitrogens with one attached hydrogen (secondary N) is 1. The van der Waals surface area contributed by atoms with Crippen LogP contribution in [0.1, 0.15) is 18.4 Å². The van der Waals surface area contributed by atoms with Crippen LogP contribution in [-0.2, 0) is 11.2 Å². The van der Waals surface area contributed by atoms with Crippen molar-refractivity contribution in [3.63, 3.8) is 0 Å². The molecule has 4 nitrogen and oxygen atoms in total. The highest BCUT2D eigenvalue weighted by atomic mass is 19.1. The maximum absolute atomic E-state index is 12.8. The van der Waals surface area contributed by atoms with Gasteiger partial charge in [0.15, 0.2) is 0 Å². The van der Waals surface area contributed by atoms with E-state index < -0.39 is 0 Å². The first-order chi connectivity index (χ1) is 10.1. The Bertz CT molecular complexity index is 459. The van der Waals surface area contributed by atoms with Crippen molar-refractivity contribution in [3.8, 4) is 0 Å². The quantitative estimate of drug-likeness (QED) is 0.756. The van der Waals surface area contributed by atoms with Gasteiger partial charge in [-0.05, 0) is 49.9 Å². The smallest absolute Gasteiger partial charge is 0.234 e. The summed E-state index contributed by atoms with van der Waals surface area (Å²) in [4.78, 5) is 14.0. The molecule has 0 saturated heterocycles. The van der Waals surface area contributed by atoms with E-state index in [2.05, 4.69) is 5.32 Å². The summed E-state index contributed by atoms with van der Waals surface area (Å²) in [6.45, 7) is 1.54. The molecular weight excluding hydrogens is 269 g/mol. The Morgan fingerprint density at radius 2 is 2.10 bits per heavy atom. The Kier molecular flexibility index (Phi) is 5.70. The Morgan fingerprint density at radius 3 is 2.67 bits per heavy atom. The lowest BCUT2D eigenvalue weighted by Crippen LogP contribution is -2.45. The third kappa shape index (κ3) is 5.10. The number of carbonyl (C=O) groups is 1. The fourth-order valence-electron chi connectivity index (χ4n) is 2.61. The molecule has 1 aromatic rings. The first kappa shape index (κ1) is 15.9. The Balaban J connectivity index is 1.68. The van der Waals surface area contributed by atoms with Crippen molar-refractivity contribution in [2.75, 3.05) is 26.7 Å². The molecule has 0 aliphatic heterocycles. The lowest BCUT2D eigenvalue weighted by Gasteiger charge is -2.26. The van der Waals surface area contributed by atoms with Crippen LogP contribution in [0.4, 0.5) is 4.39 Å². The van der Waals surface area contributed by atoms with Crippen LogP contribution < -0.4 is 11.1 Å². The van der Waals surface area contributed by atoms with Gasteiger partial charge in [-0.3, -0.25) is 9.69 Å². The van der Waals surface area contributed by atoms with Gasteiger partial charge in [-0.25, -0.2) is 4.39 Å². The summed E-state index contributed by atoms with van der Waals surface area (Å²) >= 11 is 0. The molecule has 2 rings (SSSR count). The SMILES string of the molecule is CN(CC(=O)NCCc1ccc(F)cc1)C(CN)C1CC1. The second-order valence-electron chi connectivity index (χ2n) is 5.78. The van der Waals surface area contributed by atoms with Gasteiger partial charge in [0, 0.05) is 19.1 Å². The lowest BCUT2D eigenvalue weighted by molar-refractivity contribution is -0.122. The zero-order chi connectivity index (χ0) is 15.2. The number of hydrogen-bond acceptors (Lipinski definition) is 3. The molecule has 21 heavy (non-hydrogen) atoms. The van der Waals surface area contributed by atoms with Crippen LogP contribution in [-0.4, -0.2) is 43.5 Å². The van der Waals surface area contributed by atoms with E-state index in [1.807, 2.05) is 11.9 Å². The summed E-state index contributed by atoms with van der Waals surface area (Å²) in [5.74, 6) is 0.433. The fraction of sp³-hybridized carbons (Fsp3) is 0.562. The van der Waals surface area contributed by atoms with Gasteiger partial charge in [0.2, 0.25) is 5.91 Å². The highest BCUT2D eigenvalue weighted by molar-refractivity contribution is 5.78. The number of nitrogens with zero attached hydrogens (tertiary/aromatic N) is 1. The van der Waals surface area contributed by atoms with Gasteiger partial charge in [-0.1, -0.05) is 12.1 Å². The zero-order valence-corrected chi connectivity index (χ0v) is 12.5. The van der Waals surface area contributed by atoms with Gasteiger partial charge in [0.05, 0.1) is 6.54 Å². The van der Waals surface area contributed by atoms with E-state index in [1.54, 1.807) is 12.1 Å². The first-order valence-corrected chi connectivity index (χ1v) is 7.51. The predicted octanol–water partition coefficient (Wildman–Crippen LogP) is 1.15. The highest BCUT2D eigenvalue weighted by Gasteiger charge is 2.33. The van der Waals surface area contributed by atoms with Crippen molar-refractivity contribution in [1.82, 2.24) is 10.2 Å². The summed E-state index contributed by atoms with van der Waals surface area (Å²) in [5, 5.41) is 2.90. The number of amides is 1. The largest absolute Gasteiger partial charge is 0.355 e. The van der Waals surface area contributed by atoms with Gasteiger partial charge in [-0.15, -0.1) is 0 Å². The maximum atomic E-state index is 12.8. The van der Waals surface area contributed by atoms with E-state index in [0.717, 1.165) is 5.56 Å². The molecule has 1 saturated carbocycles. The second kappa shape index (κ2) is 7.52. The monoisotopic (exact) mass is 293 g/mol. The van der Waals surface area contributed by atoms with Crippen LogP contribution in [0.15, 0.2) is 24.3 Å². The van der Waals surface area contributed by atoms with Gasteiger partial charge < -0.3 is 11.1 Å². The molecule has 1 aliphatic rings. The Hall–Kier alpha value is -1.46. The van der Waals surface area contributed by atoms with Crippen molar-refractivity contribution >= 4 is 5.91 Å². The minimum absolute atomic E-state index is 0.0127. The maximum Gasteiger partial charge on any atom is 0.234 e. The summed E-state index contributed by atoms with van der Waals surface area (Å²) < 4.78 is 12.8. The van der Waals surface area contributed by atoms with Gasteiger partial charge >= 0.3 is 0 Å². The normalized spacial score (nSPS) is 16.0. The number of benzene rings is 1. The molecule has 1 aliphatic carbocycles. The van der Waals surface area contributed by atoms with Crippen molar-refractivity contribution in [1.29, 1.82) is 0 Å². The van der Waals surface area contributed by atoms with Crippen molar-refractivity contribution in [2.24, 2.45) is 11.7 Å². The highest BCUT2D eigenvalue weighted by Crippen LogP contribution is 2.34. The summed E-state index contributed by atoms with van der Waals surface area (Å²) in [6.07, 6.45) is 3.15. The van der Waals surface area contributed by atoms with Crippen LogP contribution in [0.3, 0.4) is 0 Å². The molecule has 116 valence electrons. The average Bonchev–Trinajstić information content (AvgIpc) is 3.26. The third-order valence-electron chi connectivity index (χ3n) is 4.02. The molecule has 5 heteroatoms. The van der Waals surface area contributed by atoms with Crippen LogP contribution in [0.5, 0.6) is 0 Å². The van der Waals surface area contributed by atoms with Crippen LogP contribution in [0, 0.1) is 11.7 Å².